The molecule has 0 atom stereocenters. The molecule has 0 aliphatic rings. The van der Waals surface area contributed by atoms with E-state index in [1.807, 2.05) is 20.1 Å². The van der Waals surface area contributed by atoms with Gasteiger partial charge < -0.3 is 5.32 Å². The minimum Gasteiger partial charge on any atom is -0.355 e. The van der Waals surface area contributed by atoms with Crippen molar-refractivity contribution in [2.75, 3.05) is 13.3 Å². The van der Waals surface area contributed by atoms with E-state index in [-0.39, 0.29) is 5.91 Å². The van der Waals surface area contributed by atoms with Crippen LogP contribution < -0.4 is 5.32 Å². The van der Waals surface area contributed by atoms with E-state index in [1.54, 1.807) is 7.05 Å². The van der Waals surface area contributed by atoms with Gasteiger partial charge in [0.1, 0.15) is 10.9 Å². The van der Waals surface area contributed by atoms with Gasteiger partial charge >= 0.3 is 0 Å². The Balaban J connectivity index is 3.32. The fraction of sp³-hybridized carbons (Fsp3) is 0.444. The minimum absolute atomic E-state index is 0.133. The summed E-state index contributed by atoms with van der Waals surface area (Å²) in [5, 5.41) is 3.31. The predicted molar refractivity (Wildman–Crippen MR) is 56.7 cm³/mol. The van der Waals surface area contributed by atoms with E-state index in [0.29, 0.717) is 11.4 Å². The Morgan fingerprint density at radius 1 is 1.36 bits per heavy atom. The van der Waals surface area contributed by atoms with Crippen LogP contribution in [0.2, 0.25) is 0 Å². The lowest BCUT2D eigenvalue weighted by Crippen LogP contribution is -2.21. The molecule has 76 valence electrons. The number of aromatic nitrogens is 2. The van der Waals surface area contributed by atoms with Crippen LogP contribution in [0.3, 0.4) is 0 Å². The fourth-order valence-corrected chi connectivity index (χ4v) is 1.88. The third-order valence-electron chi connectivity index (χ3n) is 1.82. The van der Waals surface area contributed by atoms with Crippen molar-refractivity contribution in [2.45, 2.75) is 18.9 Å². The van der Waals surface area contributed by atoms with E-state index in [0.717, 1.165) is 10.7 Å². The zero-order chi connectivity index (χ0) is 10.7. The Morgan fingerprint density at radius 3 is 2.50 bits per heavy atom. The van der Waals surface area contributed by atoms with Crippen molar-refractivity contribution in [3.63, 3.8) is 0 Å². The first-order valence-electron chi connectivity index (χ1n) is 4.21. The van der Waals surface area contributed by atoms with Gasteiger partial charge in [0.25, 0.3) is 5.91 Å². The molecular weight excluding hydrogens is 198 g/mol. The molecule has 1 rings (SSSR count). The Bertz CT molecular complexity index is 365. The number of thioether (sulfide) groups is 1. The second-order valence-corrected chi connectivity index (χ2v) is 3.61. The molecule has 5 heteroatoms. The molecule has 0 saturated heterocycles. The highest BCUT2D eigenvalue weighted by Crippen LogP contribution is 2.19. The van der Waals surface area contributed by atoms with Crippen molar-refractivity contribution >= 4 is 17.7 Å². The Labute approximate surface area is 87.5 Å². The van der Waals surface area contributed by atoms with Crippen LogP contribution in [0.15, 0.2) is 5.03 Å². The highest BCUT2D eigenvalue weighted by atomic mass is 32.2. The van der Waals surface area contributed by atoms with E-state index >= 15 is 0 Å². The van der Waals surface area contributed by atoms with Gasteiger partial charge in [0, 0.05) is 7.05 Å². The SMILES string of the molecule is CNC(=O)c1c(C)nc(C)nc1SC. The molecule has 0 aliphatic heterocycles. The molecule has 0 saturated carbocycles. The van der Waals surface area contributed by atoms with Crippen LogP contribution in [-0.2, 0) is 0 Å². The normalized spacial score (nSPS) is 10.0. The number of hydrogen-bond donors (Lipinski definition) is 1. The quantitative estimate of drug-likeness (QED) is 0.589. The standard InChI is InChI=1S/C9H13N3OS/c1-5-7(8(13)10-3)9(14-4)12-6(2)11-5/h1-4H3,(H,10,13). The minimum atomic E-state index is -0.133. The first-order chi connectivity index (χ1) is 6.60. The predicted octanol–water partition coefficient (Wildman–Crippen LogP) is 1.17. The summed E-state index contributed by atoms with van der Waals surface area (Å²) >= 11 is 1.46. The van der Waals surface area contributed by atoms with E-state index in [9.17, 15) is 4.79 Å². The second-order valence-electron chi connectivity index (χ2n) is 2.82. The lowest BCUT2D eigenvalue weighted by Gasteiger charge is -2.08. The molecule has 1 aromatic heterocycles. The number of amides is 1. The molecule has 1 amide bonds. The Hall–Kier alpha value is -1.10. The third-order valence-corrected chi connectivity index (χ3v) is 2.50. The summed E-state index contributed by atoms with van der Waals surface area (Å²) in [4.78, 5) is 19.9. The van der Waals surface area contributed by atoms with Gasteiger partial charge in [-0.15, -0.1) is 11.8 Å². The van der Waals surface area contributed by atoms with Crippen molar-refractivity contribution < 1.29 is 4.79 Å². The molecule has 1 N–H and O–H groups in total. The Kier molecular flexibility index (Phi) is 3.46. The number of nitrogens with one attached hydrogen (secondary N) is 1. The average Bonchev–Trinajstić information content (AvgIpc) is 2.15. The van der Waals surface area contributed by atoms with Crippen LogP contribution in [0, 0.1) is 13.8 Å². The first kappa shape index (κ1) is 11.0. The number of aryl methyl sites for hydroxylation is 2. The van der Waals surface area contributed by atoms with E-state index < -0.39 is 0 Å². The zero-order valence-electron chi connectivity index (χ0n) is 8.71. The summed E-state index contributed by atoms with van der Waals surface area (Å²) in [6, 6.07) is 0. The molecule has 14 heavy (non-hydrogen) atoms. The summed E-state index contributed by atoms with van der Waals surface area (Å²) in [6.07, 6.45) is 1.90. The average molecular weight is 211 g/mol. The third kappa shape index (κ3) is 2.04. The number of rotatable bonds is 2. The van der Waals surface area contributed by atoms with Gasteiger partial charge in [0.2, 0.25) is 0 Å². The summed E-state index contributed by atoms with van der Waals surface area (Å²) < 4.78 is 0. The maximum absolute atomic E-state index is 11.5. The van der Waals surface area contributed by atoms with Gasteiger partial charge in [-0.3, -0.25) is 4.79 Å². The zero-order valence-corrected chi connectivity index (χ0v) is 9.53. The molecule has 0 bridgehead atoms. The molecular formula is C9H13N3OS. The van der Waals surface area contributed by atoms with E-state index in [4.69, 9.17) is 0 Å². The smallest absolute Gasteiger partial charge is 0.255 e. The summed E-state index contributed by atoms with van der Waals surface area (Å²) in [6.45, 7) is 3.64. The molecule has 1 aromatic rings. The molecule has 0 radical (unpaired) electrons. The number of hydrogen-bond acceptors (Lipinski definition) is 4. The Morgan fingerprint density at radius 2 is 2.00 bits per heavy atom. The van der Waals surface area contributed by atoms with Crippen molar-refractivity contribution in [3.05, 3.63) is 17.1 Å². The highest BCUT2D eigenvalue weighted by molar-refractivity contribution is 7.98. The molecule has 0 aromatic carbocycles. The van der Waals surface area contributed by atoms with Gasteiger partial charge in [-0.05, 0) is 20.1 Å². The van der Waals surface area contributed by atoms with Crippen LogP contribution in [-0.4, -0.2) is 29.2 Å². The lowest BCUT2D eigenvalue weighted by atomic mass is 10.2. The van der Waals surface area contributed by atoms with Crippen molar-refractivity contribution in [2.24, 2.45) is 0 Å². The van der Waals surface area contributed by atoms with Gasteiger partial charge in [-0.25, -0.2) is 9.97 Å². The molecule has 0 fully saturated rings. The van der Waals surface area contributed by atoms with Crippen LogP contribution in [0.5, 0.6) is 0 Å². The van der Waals surface area contributed by atoms with E-state index in [2.05, 4.69) is 15.3 Å². The monoisotopic (exact) mass is 211 g/mol. The molecule has 0 spiro atoms. The summed E-state index contributed by atoms with van der Waals surface area (Å²) in [5.74, 6) is 0.561. The second kappa shape index (κ2) is 4.41. The van der Waals surface area contributed by atoms with Crippen molar-refractivity contribution in [3.8, 4) is 0 Å². The summed E-state index contributed by atoms with van der Waals surface area (Å²) in [5.41, 5.74) is 1.30. The number of carbonyl (C=O) groups is 1. The van der Waals surface area contributed by atoms with Crippen LogP contribution in [0.4, 0.5) is 0 Å². The fourth-order valence-electron chi connectivity index (χ4n) is 1.22. The largest absolute Gasteiger partial charge is 0.355 e. The van der Waals surface area contributed by atoms with E-state index in [1.165, 1.54) is 11.8 Å². The number of carbonyl (C=O) groups excluding carboxylic acids is 1. The van der Waals surface area contributed by atoms with Crippen LogP contribution in [0.1, 0.15) is 21.9 Å². The molecule has 0 aliphatic carbocycles. The van der Waals surface area contributed by atoms with Gasteiger partial charge in [-0.2, -0.15) is 0 Å². The first-order valence-corrected chi connectivity index (χ1v) is 5.44. The number of nitrogens with zero attached hydrogens (tertiary/aromatic N) is 2. The maximum atomic E-state index is 11.5. The molecule has 1 heterocycles. The van der Waals surface area contributed by atoms with Gasteiger partial charge in [-0.1, -0.05) is 0 Å². The maximum Gasteiger partial charge on any atom is 0.255 e. The van der Waals surface area contributed by atoms with Gasteiger partial charge in [0.15, 0.2) is 0 Å². The topological polar surface area (TPSA) is 54.9 Å². The molecule has 0 unspecified atom stereocenters. The van der Waals surface area contributed by atoms with Crippen molar-refractivity contribution in [1.82, 2.24) is 15.3 Å². The highest BCUT2D eigenvalue weighted by Gasteiger charge is 2.15. The molecule has 4 nitrogen and oxygen atoms in total. The summed E-state index contributed by atoms with van der Waals surface area (Å²) in [7, 11) is 1.60. The van der Waals surface area contributed by atoms with Crippen molar-refractivity contribution in [1.29, 1.82) is 0 Å². The van der Waals surface area contributed by atoms with Crippen LogP contribution in [0.25, 0.3) is 0 Å². The van der Waals surface area contributed by atoms with Gasteiger partial charge in [0.05, 0.1) is 11.3 Å². The van der Waals surface area contributed by atoms with Crippen LogP contribution >= 0.6 is 11.8 Å². The lowest BCUT2D eigenvalue weighted by molar-refractivity contribution is 0.0958.